The monoisotopic (exact) mass is 507 g/mol. The van der Waals surface area contributed by atoms with Gasteiger partial charge in [-0.2, -0.15) is 22.5 Å². The minimum Gasteiger partial charge on any atom is -0.347 e. The number of carbonyl (C=O) groups is 1. The molecule has 0 saturated carbocycles. The Morgan fingerprint density at radius 1 is 1.15 bits per heavy atom. The van der Waals surface area contributed by atoms with Gasteiger partial charge in [0, 0.05) is 55.6 Å². The molecule has 0 bridgehead atoms. The van der Waals surface area contributed by atoms with E-state index in [4.69, 9.17) is 0 Å². The van der Waals surface area contributed by atoms with Crippen molar-refractivity contribution in [1.82, 2.24) is 19.2 Å². The van der Waals surface area contributed by atoms with Gasteiger partial charge in [0.2, 0.25) is 11.0 Å². The molecule has 1 aromatic carbocycles. The number of alkyl halides is 3. The van der Waals surface area contributed by atoms with Crippen LogP contribution in [-0.2, 0) is 22.6 Å². The SMILES string of the molecule is CS(=O)(=O)c1ccc(CN2CCN(C3CCN(c4nc(C(F)(F)F)ns4)CC3)C2=O)c(F)c1. The second-order valence-corrected chi connectivity index (χ2v) is 10.8. The minimum absolute atomic E-state index is 0.0229. The topological polar surface area (TPSA) is 86.7 Å². The molecule has 1 aromatic heterocycles. The zero-order valence-electron chi connectivity index (χ0n) is 17.5. The Balaban J connectivity index is 1.35. The molecule has 0 atom stereocenters. The molecule has 14 heteroatoms. The maximum Gasteiger partial charge on any atom is 0.452 e. The number of benzene rings is 1. The van der Waals surface area contributed by atoms with Crippen LogP contribution in [0.5, 0.6) is 0 Å². The van der Waals surface area contributed by atoms with Gasteiger partial charge in [-0.3, -0.25) is 0 Å². The van der Waals surface area contributed by atoms with Crippen LogP contribution in [0, 0.1) is 5.82 Å². The van der Waals surface area contributed by atoms with Crippen molar-refractivity contribution in [2.24, 2.45) is 0 Å². The molecule has 8 nitrogen and oxygen atoms in total. The third kappa shape index (κ3) is 5.05. The van der Waals surface area contributed by atoms with E-state index >= 15 is 0 Å². The van der Waals surface area contributed by atoms with E-state index in [2.05, 4.69) is 9.36 Å². The fourth-order valence-corrected chi connectivity index (χ4v) is 5.38. The number of amides is 2. The van der Waals surface area contributed by atoms with Crippen LogP contribution in [0.2, 0.25) is 0 Å². The lowest BCUT2D eigenvalue weighted by Crippen LogP contribution is -2.46. The van der Waals surface area contributed by atoms with Crippen LogP contribution in [0.4, 0.5) is 27.5 Å². The van der Waals surface area contributed by atoms with E-state index in [0.29, 0.717) is 50.6 Å². The quantitative estimate of drug-likeness (QED) is 0.579. The molecular formula is C19H21F4N5O3S2. The molecule has 4 rings (SSSR count). The summed E-state index contributed by atoms with van der Waals surface area (Å²) in [5, 5.41) is 0.211. The second-order valence-electron chi connectivity index (χ2n) is 8.04. The van der Waals surface area contributed by atoms with Gasteiger partial charge in [-0.05, 0) is 25.0 Å². The normalized spacial score (nSPS) is 18.5. The number of aromatic nitrogens is 2. The van der Waals surface area contributed by atoms with E-state index in [9.17, 15) is 30.8 Å². The molecule has 33 heavy (non-hydrogen) atoms. The number of rotatable bonds is 5. The molecule has 3 heterocycles. The Bertz CT molecular complexity index is 1150. The third-order valence-electron chi connectivity index (χ3n) is 5.79. The Hall–Kier alpha value is -2.48. The first-order chi connectivity index (χ1) is 15.4. The molecule has 0 unspecified atom stereocenters. The molecule has 2 aliphatic rings. The number of hydrogen-bond donors (Lipinski definition) is 0. The Labute approximate surface area is 191 Å². The van der Waals surface area contributed by atoms with Crippen LogP contribution in [0.25, 0.3) is 0 Å². The van der Waals surface area contributed by atoms with Gasteiger partial charge in [0.15, 0.2) is 9.84 Å². The molecule has 0 N–H and O–H groups in total. The highest BCUT2D eigenvalue weighted by atomic mass is 32.2. The summed E-state index contributed by atoms with van der Waals surface area (Å²) < 4.78 is 79.1. The highest BCUT2D eigenvalue weighted by molar-refractivity contribution is 7.90. The first kappa shape index (κ1) is 23.7. The van der Waals surface area contributed by atoms with Gasteiger partial charge in [0.05, 0.1) is 11.4 Å². The summed E-state index contributed by atoms with van der Waals surface area (Å²) in [7, 11) is -3.53. The van der Waals surface area contributed by atoms with Crippen LogP contribution in [0.15, 0.2) is 23.1 Å². The van der Waals surface area contributed by atoms with Crippen molar-refractivity contribution >= 4 is 32.5 Å². The number of urea groups is 1. The fraction of sp³-hybridized carbons (Fsp3) is 0.526. The zero-order chi connectivity index (χ0) is 24.0. The van der Waals surface area contributed by atoms with Crippen LogP contribution in [0.3, 0.4) is 0 Å². The van der Waals surface area contributed by atoms with Crippen LogP contribution in [-0.4, -0.2) is 72.1 Å². The van der Waals surface area contributed by atoms with Crippen molar-refractivity contribution in [3.63, 3.8) is 0 Å². The van der Waals surface area contributed by atoms with E-state index in [-0.39, 0.29) is 34.2 Å². The first-order valence-electron chi connectivity index (χ1n) is 10.1. The van der Waals surface area contributed by atoms with E-state index in [1.165, 1.54) is 17.0 Å². The van der Waals surface area contributed by atoms with Gasteiger partial charge >= 0.3 is 12.2 Å². The Kier molecular flexibility index (Phi) is 6.24. The summed E-state index contributed by atoms with van der Waals surface area (Å²) in [6, 6.07) is 3.33. The molecule has 0 radical (unpaired) electrons. The molecular weight excluding hydrogens is 486 g/mol. The summed E-state index contributed by atoms with van der Waals surface area (Å²) in [5.74, 6) is -1.83. The van der Waals surface area contributed by atoms with Crippen molar-refractivity contribution < 1.29 is 30.8 Å². The molecule has 180 valence electrons. The van der Waals surface area contributed by atoms with E-state index in [1.807, 2.05) is 0 Å². The Morgan fingerprint density at radius 2 is 1.85 bits per heavy atom. The molecule has 2 aromatic rings. The zero-order valence-corrected chi connectivity index (χ0v) is 19.2. The molecule has 2 saturated heterocycles. The predicted molar refractivity (Wildman–Crippen MR) is 112 cm³/mol. The van der Waals surface area contributed by atoms with E-state index in [0.717, 1.165) is 12.3 Å². The molecule has 0 aliphatic carbocycles. The van der Waals surface area contributed by atoms with Crippen molar-refractivity contribution in [3.8, 4) is 0 Å². The highest BCUT2D eigenvalue weighted by Gasteiger charge is 2.38. The third-order valence-corrected chi connectivity index (χ3v) is 7.67. The lowest BCUT2D eigenvalue weighted by Gasteiger charge is -2.36. The van der Waals surface area contributed by atoms with Crippen molar-refractivity contribution in [2.75, 3.05) is 37.3 Å². The average Bonchev–Trinajstić information content (AvgIpc) is 3.37. The lowest BCUT2D eigenvalue weighted by molar-refractivity contribution is -0.144. The van der Waals surface area contributed by atoms with E-state index < -0.39 is 27.7 Å². The standard InChI is InChI=1S/C19H21F4N5O3S2/c1-33(30,31)14-3-2-12(15(20)10-14)11-27-8-9-28(18(27)29)13-4-6-26(7-5-13)17-24-16(25-32-17)19(21,22)23/h2-3,10,13H,4-9,11H2,1H3. The summed E-state index contributed by atoms with van der Waals surface area (Å²) in [6.45, 7) is 1.78. The molecule has 0 spiro atoms. The number of sulfone groups is 1. The number of piperidine rings is 1. The van der Waals surface area contributed by atoms with Gasteiger partial charge in [0.25, 0.3) is 0 Å². The van der Waals surface area contributed by atoms with Crippen LogP contribution < -0.4 is 4.90 Å². The predicted octanol–water partition coefficient (Wildman–Crippen LogP) is 3.01. The number of hydrogen-bond acceptors (Lipinski definition) is 7. The van der Waals surface area contributed by atoms with E-state index in [1.54, 1.807) is 9.80 Å². The maximum atomic E-state index is 14.4. The molecule has 2 amide bonds. The van der Waals surface area contributed by atoms with Gasteiger partial charge in [-0.25, -0.2) is 17.6 Å². The summed E-state index contributed by atoms with van der Waals surface area (Å²) in [5.41, 5.74) is 0.226. The molecule has 2 aliphatic heterocycles. The van der Waals surface area contributed by atoms with Gasteiger partial charge in [-0.15, -0.1) is 0 Å². The highest BCUT2D eigenvalue weighted by Crippen LogP contribution is 2.32. The lowest BCUT2D eigenvalue weighted by atomic mass is 10.0. The van der Waals surface area contributed by atoms with Crippen molar-refractivity contribution in [2.45, 2.75) is 36.5 Å². The summed E-state index contributed by atoms with van der Waals surface area (Å²) in [4.78, 5) is 21.3. The number of anilines is 1. The summed E-state index contributed by atoms with van der Waals surface area (Å²) >= 11 is 0.705. The largest absolute Gasteiger partial charge is 0.452 e. The smallest absolute Gasteiger partial charge is 0.347 e. The molecule has 2 fully saturated rings. The van der Waals surface area contributed by atoms with Crippen LogP contribution in [0.1, 0.15) is 24.2 Å². The summed E-state index contributed by atoms with van der Waals surface area (Å²) in [6.07, 6.45) is -2.45. The van der Waals surface area contributed by atoms with Gasteiger partial charge in [-0.1, -0.05) is 6.07 Å². The van der Waals surface area contributed by atoms with Gasteiger partial charge in [0.1, 0.15) is 5.82 Å². The van der Waals surface area contributed by atoms with Crippen LogP contribution >= 0.6 is 11.5 Å². The fourth-order valence-electron chi connectivity index (χ4n) is 4.01. The number of carbonyl (C=O) groups excluding carboxylic acids is 1. The number of halogens is 4. The Morgan fingerprint density at radius 3 is 2.42 bits per heavy atom. The maximum absolute atomic E-state index is 14.4. The average molecular weight is 508 g/mol. The first-order valence-corrected chi connectivity index (χ1v) is 12.8. The van der Waals surface area contributed by atoms with Gasteiger partial charge < -0.3 is 14.7 Å². The minimum atomic E-state index is -4.58. The van der Waals surface area contributed by atoms with Crippen molar-refractivity contribution in [3.05, 3.63) is 35.4 Å². The second kappa shape index (κ2) is 8.70. The van der Waals surface area contributed by atoms with Crippen molar-refractivity contribution in [1.29, 1.82) is 0 Å². The number of nitrogens with zero attached hydrogens (tertiary/aromatic N) is 5.